The Balaban J connectivity index is 1.56. The maximum absolute atomic E-state index is 12.8. The molecule has 0 radical (unpaired) electrons. The number of carbonyl (C=O) groups is 3. The van der Waals surface area contributed by atoms with Crippen LogP contribution in [0.4, 0.5) is 11.4 Å². The van der Waals surface area contributed by atoms with E-state index in [2.05, 4.69) is 5.32 Å². The fourth-order valence-corrected chi connectivity index (χ4v) is 3.82. The molecule has 1 N–H and O–H groups in total. The summed E-state index contributed by atoms with van der Waals surface area (Å²) in [5.41, 5.74) is 1.56. The third-order valence-electron chi connectivity index (χ3n) is 5.46. The van der Waals surface area contributed by atoms with Crippen molar-refractivity contribution >= 4 is 29.1 Å². The second-order valence-corrected chi connectivity index (χ2v) is 7.63. The van der Waals surface area contributed by atoms with Crippen LogP contribution < -0.4 is 15.0 Å². The molecule has 1 atom stereocenters. The third-order valence-corrected chi connectivity index (χ3v) is 5.46. The fraction of sp³-hybridized carbons (Fsp3) is 0.348. The first-order valence-corrected chi connectivity index (χ1v) is 10.3. The number of hydrogen-bond donors (Lipinski definition) is 1. The van der Waals surface area contributed by atoms with Crippen LogP contribution in [0.2, 0.25) is 0 Å². The first-order chi connectivity index (χ1) is 14.5. The molecule has 0 saturated carbocycles. The zero-order chi connectivity index (χ0) is 21.1. The second kappa shape index (κ2) is 8.57. The average Bonchev–Trinajstić information content (AvgIpc) is 2.78. The Morgan fingerprint density at radius 2 is 1.80 bits per heavy atom. The number of likely N-dealkylation sites (tertiary alicyclic amines) is 1. The predicted molar refractivity (Wildman–Crippen MR) is 114 cm³/mol. The zero-order valence-electron chi connectivity index (χ0n) is 17.0. The van der Waals surface area contributed by atoms with Crippen LogP contribution in [0.15, 0.2) is 48.5 Å². The van der Waals surface area contributed by atoms with E-state index < -0.39 is 6.10 Å². The number of hydrogen-bond acceptors (Lipinski definition) is 4. The summed E-state index contributed by atoms with van der Waals surface area (Å²) in [6.45, 7) is 3.10. The van der Waals surface area contributed by atoms with Gasteiger partial charge in [0.25, 0.3) is 11.8 Å². The summed E-state index contributed by atoms with van der Waals surface area (Å²) in [5.74, 6) is -0.0598. The molecule has 2 aliphatic heterocycles. The minimum atomic E-state index is -0.670. The van der Waals surface area contributed by atoms with Crippen molar-refractivity contribution in [3.8, 4) is 5.75 Å². The number of rotatable bonds is 4. The van der Waals surface area contributed by atoms with Gasteiger partial charge in [0, 0.05) is 24.3 Å². The summed E-state index contributed by atoms with van der Waals surface area (Å²) >= 11 is 0. The number of amides is 3. The molecule has 3 amide bonds. The van der Waals surface area contributed by atoms with Gasteiger partial charge in [-0.15, -0.1) is 0 Å². The maximum atomic E-state index is 12.8. The van der Waals surface area contributed by atoms with Crippen molar-refractivity contribution in [3.05, 3.63) is 54.1 Å². The van der Waals surface area contributed by atoms with Crippen molar-refractivity contribution in [2.24, 2.45) is 0 Å². The summed E-state index contributed by atoms with van der Waals surface area (Å²) < 4.78 is 5.72. The van der Waals surface area contributed by atoms with Crippen LogP contribution in [-0.2, 0) is 9.59 Å². The summed E-state index contributed by atoms with van der Waals surface area (Å²) in [7, 11) is 0. The SMILES string of the molecule is CC1Oc2ccc(NC(=O)c3ccccc3)cc2N(CC(=O)N2CCCCC2)C1=O. The largest absolute Gasteiger partial charge is 0.479 e. The molecule has 1 fully saturated rings. The van der Waals surface area contributed by atoms with Gasteiger partial charge in [-0.25, -0.2) is 0 Å². The quantitative estimate of drug-likeness (QED) is 0.845. The standard InChI is InChI=1S/C23H25N3O4/c1-16-23(29)26(15-21(27)25-12-6-3-7-13-25)19-14-18(10-11-20(19)30-16)24-22(28)17-8-4-2-5-9-17/h2,4-5,8-11,14,16H,3,6-7,12-13,15H2,1H3,(H,24,28). The normalized spacial score (nSPS) is 18.4. The van der Waals surface area contributed by atoms with Crippen LogP contribution in [0.1, 0.15) is 36.5 Å². The Hall–Kier alpha value is -3.35. The Morgan fingerprint density at radius 3 is 2.53 bits per heavy atom. The van der Waals surface area contributed by atoms with Crippen molar-refractivity contribution in [1.29, 1.82) is 0 Å². The van der Waals surface area contributed by atoms with Crippen molar-refractivity contribution in [1.82, 2.24) is 4.90 Å². The monoisotopic (exact) mass is 407 g/mol. The van der Waals surface area contributed by atoms with E-state index in [0.29, 0.717) is 22.7 Å². The smallest absolute Gasteiger partial charge is 0.268 e. The van der Waals surface area contributed by atoms with Gasteiger partial charge in [0.05, 0.1) is 5.69 Å². The first kappa shape index (κ1) is 19.9. The van der Waals surface area contributed by atoms with Crippen LogP contribution in [-0.4, -0.2) is 48.4 Å². The summed E-state index contributed by atoms with van der Waals surface area (Å²) in [6, 6.07) is 14.0. The van der Waals surface area contributed by atoms with E-state index in [1.165, 1.54) is 4.90 Å². The van der Waals surface area contributed by atoms with E-state index in [4.69, 9.17) is 4.74 Å². The third kappa shape index (κ3) is 4.15. The number of ether oxygens (including phenoxy) is 1. The molecule has 1 unspecified atom stereocenters. The lowest BCUT2D eigenvalue weighted by atomic mass is 10.1. The van der Waals surface area contributed by atoms with Crippen molar-refractivity contribution in [3.63, 3.8) is 0 Å². The Morgan fingerprint density at radius 1 is 1.07 bits per heavy atom. The molecule has 2 heterocycles. The van der Waals surface area contributed by atoms with Gasteiger partial charge in [-0.3, -0.25) is 19.3 Å². The highest BCUT2D eigenvalue weighted by Crippen LogP contribution is 2.36. The Bertz CT molecular complexity index is 954. The van der Waals surface area contributed by atoms with E-state index in [0.717, 1.165) is 32.4 Å². The molecule has 7 nitrogen and oxygen atoms in total. The van der Waals surface area contributed by atoms with Gasteiger partial charge >= 0.3 is 0 Å². The highest BCUT2D eigenvalue weighted by Gasteiger charge is 2.34. The molecule has 2 aromatic rings. The topological polar surface area (TPSA) is 79.0 Å². The number of benzene rings is 2. The van der Waals surface area contributed by atoms with E-state index in [9.17, 15) is 14.4 Å². The second-order valence-electron chi connectivity index (χ2n) is 7.63. The average molecular weight is 407 g/mol. The molecule has 2 aliphatic rings. The van der Waals surface area contributed by atoms with Gasteiger partial charge in [0.15, 0.2) is 6.10 Å². The molecule has 0 aliphatic carbocycles. The maximum Gasteiger partial charge on any atom is 0.268 e. The number of fused-ring (bicyclic) bond motifs is 1. The van der Waals surface area contributed by atoms with Crippen molar-refractivity contribution in [2.75, 3.05) is 29.9 Å². The molecule has 156 valence electrons. The van der Waals surface area contributed by atoms with E-state index in [1.54, 1.807) is 49.4 Å². The highest BCUT2D eigenvalue weighted by atomic mass is 16.5. The van der Waals surface area contributed by atoms with Gasteiger partial charge in [-0.05, 0) is 56.5 Å². The van der Waals surface area contributed by atoms with Crippen molar-refractivity contribution in [2.45, 2.75) is 32.3 Å². The van der Waals surface area contributed by atoms with E-state index >= 15 is 0 Å². The molecule has 1 saturated heterocycles. The number of nitrogens with one attached hydrogen (secondary N) is 1. The van der Waals surface area contributed by atoms with E-state index in [-0.39, 0.29) is 24.3 Å². The molecular weight excluding hydrogens is 382 g/mol. The first-order valence-electron chi connectivity index (χ1n) is 10.3. The van der Waals surface area contributed by atoms with Gasteiger partial charge in [-0.1, -0.05) is 18.2 Å². The van der Waals surface area contributed by atoms with Crippen LogP contribution in [0, 0.1) is 0 Å². The molecule has 0 spiro atoms. The van der Waals surface area contributed by atoms with Gasteiger partial charge in [-0.2, -0.15) is 0 Å². The minimum absolute atomic E-state index is 0.0321. The van der Waals surface area contributed by atoms with Crippen LogP contribution in [0.3, 0.4) is 0 Å². The number of carbonyl (C=O) groups excluding carboxylic acids is 3. The number of piperidine rings is 1. The summed E-state index contributed by atoms with van der Waals surface area (Å²) in [6.07, 6.45) is 2.44. The molecule has 2 aromatic carbocycles. The molecular formula is C23H25N3O4. The molecule has 7 heteroatoms. The van der Waals surface area contributed by atoms with Gasteiger partial charge in [0.2, 0.25) is 5.91 Å². The summed E-state index contributed by atoms with van der Waals surface area (Å²) in [4.78, 5) is 41.4. The van der Waals surface area contributed by atoms with Crippen LogP contribution in [0.5, 0.6) is 5.75 Å². The Kier molecular flexibility index (Phi) is 5.70. The Labute approximate surface area is 175 Å². The lowest BCUT2D eigenvalue weighted by molar-refractivity contribution is -0.133. The highest BCUT2D eigenvalue weighted by molar-refractivity contribution is 6.07. The van der Waals surface area contributed by atoms with E-state index in [1.807, 2.05) is 11.0 Å². The molecule has 30 heavy (non-hydrogen) atoms. The zero-order valence-corrected chi connectivity index (χ0v) is 17.0. The summed E-state index contributed by atoms with van der Waals surface area (Å²) in [5, 5.41) is 2.84. The lowest BCUT2D eigenvalue weighted by Crippen LogP contribution is -2.50. The van der Waals surface area contributed by atoms with Gasteiger partial charge in [0.1, 0.15) is 12.3 Å². The van der Waals surface area contributed by atoms with Gasteiger partial charge < -0.3 is 15.0 Å². The van der Waals surface area contributed by atoms with Crippen molar-refractivity contribution < 1.29 is 19.1 Å². The fourth-order valence-electron chi connectivity index (χ4n) is 3.82. The number of nitrogens with zero attached hydrogens (tertiary/aromatic N) is 2. The number of anilines is 2. The minimum Gasteiger partial charge on any atom is -0.479 e. The lowest BCUT2D eigenvalue weighted by Gasteiger charge is -2.35. The van der Waals surface area contributed by atoms with Crippen LogP contribution >= 0.6 is 0 Å². The predicted octanol–water partition coefficient (Wildman–Crippen LogP) is 3.07. The molecule has 0 bridgehead atoms. The van der Waals surface area contributed by atoms with Crippen LogP contribution in [0.25, 0.3) is 0 Å². The molecule has 4 rings (SSSR count). The molecule has 0 aromatic heterocycles.